The highest BCUT2D eigenvalue weighted by atomic mass is 79.9. The molecule has 144 valence electrons. The van der Waals surface area contributed by atoms with E-state index in [1.165, 1.54) is 0 Å². The third kappa shape index (κ3) is 3.66. The summed E-state index contributed by atoms with van der Waals surface area (Å²) >= 11 is 9.63. The molecule has 0 bridgehead atoms. The van der Waals surface area contributed by atoms with Gasteiger partial charge in [-0.25, -0.2) is 4.79 Å². The van der Waals surface area contributed by atoms with E-state index < -0.39 is 5.63 Å². The molecule has 7 heteroatoms. The summed E-state index contributed by atoms with van der Waals surface area (Å²) in [6.07, 6.45) is 0. The number of benzene rings is 2. The van der Waals surface area contributed by atoms with Gasteiger partial charge in [0.15, 0.2) is 0 Å². The van der Waals surface area contributed by atoms with E-state index in [0.717, 1.165) is 20.7 Å². The zero-order chi connectivity index (χ0) is 19.8. The van der Waals surface area contributed by atoms with Gasteiger partial charge in [0.1, 0.15) is 11.1 Å². The highest BCUT2D eigenvalue weighted by Crippen LogP contribution is 2.25. The van der Waals surface area contributed by atoms with Crippen LogP contribution < -0.4 is 10.5 Å². The quantitative estimate of drug-likeness (QED) is 0.528. The summed E-state index contributed by atoms with van der Waals surface area (Å²) in [5, 5.41) is 1.45. The Morgan fingerprint density at radius 3 is 2.54 bits per heavy atom. The number of carbonyl (C=O) groups is 1. The second-order valence-corrected chi connectivity index (χ2v) is 8.17. The molecule has 3 aromatic rings. The predicted molar refractivity (Wildman–Crippen MR) is 114 cm³/mol. The summed E-state index contributed by atoms with van der Waals surface area (Å²) in [6, 6.07) is 12.9. The third-order valence-corrected chi connectivity index (χ3v) is 5.91. The van der Waals surface area contributed by atoms with Crippen molar-refractivity contribution < 1.29 is 9.21 Å². The molecule has 1 aliphatic heterocycles. The Kier molecular flexibility index (Phi) is 5.17. The van der Waals surface area contributed by atoms with Crippen LogP contribution in [0.25, 0.3) is 11.0 Å². The van der Waals surface area contributed by atoms with E-state index in [1.54, 1.807) is 23.1 Å². The maximum atomic E-state index is 12.9. The van der Waals surface area contributed by atoms with Gasteiger partial charge >= 0.3 is 5.63 Å². The van der Waals surface area contributed by atoms with Crippen molar-refractivity contribution in [2.24, 2.45) is 0 Å². The summed E-state index contributed by atoms with van der Waals surface area (Å²) in [6.45, 7) is 4.38. The normalized spacial score (nSPS) is 14.5. The van der Waals surface area contributed by atoms with E-state index in [9.17, 15) is 9.59 Å². The van der Waals surface area contributed by atoms with Crippen molar-refractivity contribution in [3.05, 3.63) is 73.5 Å². The molecule has 0 radical (unpaired) electrons. The first-order valence-corrected chi connectivity index (χ1v) is 10.1. The van der Waals surface area contributed by atoms with Crippen LogP contribution in [-0.4, -0.2) is 37.0 Å². The van der Waals surface area contributed by atoms with Crippen LogP contribution in [0.1, 0.15) is 15.9 Å². The van der Waals surface area contributed by atoms with E-state index in [4.69, 9.17) is 16.0 Å². The lowest BCUT2D eigenvalue weighted by Gasteiger charge is -2.36. The van der Waals surface area contributed by atoms with Crippen molar-refractivity contribution in [2.75, 3.05) is 31.1 Å². The fourth-order valence-corrected chi connectivity index (χ4v) is 3.91. The molecule has 0 spiro atoms. The molecular formula is C21H18BrClN2O3. The lowest BCUT2D eigenvalue weighted by molar-refractivity contribution is 0.0742. The van der Waals surface area contributed by atoms with E-state index in [-0.39, 0.29) is 11.5 Å². The molecular weight excluding hydrogens is 444 g/mol. The van der Waals surface area contributed by atoms with Crippen molar-refractivity contribution >= 4 is 50.1 Å². The maximum absolute atomic E-state index is 12.9. The monoisotopic (exact) mass is 460 g/mol. The summed E-state index contributed by atoms with van der Waals surface area (Å²) in [4.78, 5) is 29.1. The minimum Gasteiger partial charge on any atom is -0.422 e. The third-order valence-electron chi connectivity index (χ3n) is 5.01. The minimum atomic E-state index is -0.604. The van der Waals surface area contributed by atoms with Crippen molar-refractivity contribution in [3.8, 4) is 0 Å². The van der Waals surface area contributed by atoms with Crippen molar-refractivity contribution in [1.29, 1.82) is 0 Å². The fourth-order valence-electron chi connectivity index (χ4n) is 3.36. The van der Waals surface area contributed by atoms with Crippen LogP contribution in [0.15, 0.2) is 56.1 Å². The molecule has 0 unspecified atom stereocenters. The number of hydrogen-bond acceptors (Lipinski definition) is 4. The molecule has 1 amide bonds. The fraction of sp³-hybridized carbons (Fsp3) is 0.238. The van der Waals surface area contributed by atoms with Gasteiger partial charge in [0.25, 0.3) is 5.91 Å². The number of anilines is 1. The minimum absolute atomic E-state index is 0.0671. The van der Waals surface area contributed by atoms with Gasteiger partial charge in [0.2, 0.25) is 0 Å². The Morgan fingerprint density at radius 1 is 1.07 bits per heavy atom. The van der Waals surface area contributed by atoms with Crippen LogP contribution in [0.4, 0.5) is 5.69 Å². The molecule has 1 aliphatic rings. The average Bonchev–Trinajstić information content (AvgIpc) is 2.69. The van der Waals surface area contributed by atoms with Crippen LogP contribution >= 0.6 is 27.5 Å². The number of halogens is 2. The van der Waals surface area contributed by atoms with Gasteiger partial charge in [-0.3, -0.25) is 4.79 Å². The highest BCUT2D eigenvalue weighted by Gasteiger charge is 2.25. The smallest absolute Gasteiger partial charge is 0.349 e. The van der Waals surface area contributed by atoms with E-state index >= 15 is 0 Å². The van der Waals surface area contributed by atoms with Crippen molar-refractivity contribution in [2.45, 2.75) is 6.92 Å². The van der Waals surface area contributed by atoms with Gasteiger partial charge in [-0.2, -0.15) is 0 Å². The zero-order valence-electron chi connectivity index (χ0n) is 15.2. The van der Waals surface area contributed by atoms with Gasteiger partial charge in [0, 0.05) is 46.7 Å². The van der Waals surface area contributed by atoms with Gasteiger partial charge in [-0.1, -0.05) is 33.6 Å². The first kappa shape index (κ1) is 19.0. The van der Waals surface area contributed by atoms with E-state index in [0.29, 0.717) is 37.1 Å². The van der Waals surface area contributed by atoms with Crippen molar-refractivity contribution in [3.63, 3.8) is 0 Å². The van der Waals surface area contributed by atoms with Gasteiger partial charge in [-0.05, 0) is 48.9 Å². The number of rotatable bonds is 2. The number of fused-ring (bicyclic) bond motifs is 1. The number of amides is 1. The standard InChI is InChI=1S/C21H18BrClN2O3/c1-13-2-4-16(12-18(13)23)24-6-8-25(9-7-24)20(26)17-11-14-10-15(22)3-5-19(14)28-21(17)27/h2-5,10-12H,6-9H2,1H3. The average molecular weight is 462 g/mol. The van der Waals surface area contributed by atoms with E-state index in [1.807, 2.05) is 31.2 Å². The van der Waals surface area contributed by atoms with Gasteiger partial charge in [0.05, 0.1) is 0 Å². The molecule has 0 atom stereocenters. The lowest BCUT2D eigenvalue weighted by atomic mass is 10.1. The highest BCUT2D eigenvalue weighted by molar-refractivity contribution is 9.10. The Bertz CT molecular complexity index is 1120. The molecule has 1 fully saturated rings. The maximum Gasteiger partial charge on any atom is 0.349 e. The lowest BCUT2D eigenvalue weighted by Crippen LogP contribution is -2.49. The molecule has 0 aliphatic carbocycles. The van der Waals surface area contributed by atoms with Crippen LogP contribution in [0.5, 0.6) is 0 Å². The molecule has 2 heterocycles. The Labute approximate surface area is 175 Å². The van der Waals surface area contributed by atoms with Crippen LogP contribution in [0.3, 0.4) is 0 Å². The number of hydrogen-bond donors (Lipinski definition) is 0. The number of carbonyl (C=O) groups excluding carboxylic acids is 1. The molecule has 0 N–H and O–H groups in total. The van der Waals surface area contributed by atoms with Crippen LogP contribution in [-0.2, 0) is 0 Å². The molecule has 4 rings (SSSR count). The molecule has 1 saturated heterocycles. The predicted octanol–water partition coefficient (Wildman–Crippen LogP) is 4.48. The van der Waals surface area contributed by atoms with Crippen LogP contribution in [0, 0.1) is 6.92 Å². The number of piperazine rings is 1. The SMILES string of the molecule is Cc1ccc(N2CCN(C(=O)c3cc4cc(Br)ccc4oc3=O)CC2)cc1Cl. The largest absolute Gasteiger partial charge is 0.422 e. The van der Waals surface area contributed by atoms with Gasteiger partial charge in [-0.15, -0.1) is 0 Å². The van der Waals surface area contributed by atoms with E-state index in [2.05, 4.69) is 20.8 Å². The Hall–Kier alpha value is -2.31. The van der Waals surface area contributed by atoms with Crippen LogP contribution in [0.2, 0.25) is 5.02 Å². The molecule has 5 nitrogen and oxygen atoms in total. The number of nitrogens with zero attached hydrogens (tertiary/aromatic N) is 2. The first-order chi connectivity index (χ1) is 13.4. The summed E-state index contributed by atoms with van der Waals surface area (Å²) in [5.41, 5.74) is 2.00. The van der Waals surface area contributed by atoms with Gasteiger partial charge < -0.3 is 14.2 Å². The zero-order valence-corrected chi connectivity index (χ0v) is 17.6. The van der Waals surface area contributed by atoms with Crippen molar-refractivity contribution in [1.82, 2.24) is 4.90 Å². The summed E-state index contributed by atoms with van der Waals surface area (Å²) in [7, 11) is 0. The topological polar surface area (TPSA) is 53.8 Å². The Balaban J connectivity index is 1.52. The first-order valence-electron chi connectivity index (χ1n) is 8.96. The number of aryl methyl sites for hydroxylation is 1. The molecule has 28 heavy (non-hydrogen) atoms. The Morgan fingerprint density at radius 2 is 1.82 bits per heavy atom. The summed E-state index contributed by atoms with van der Waals surface area (Å²) in [5.74, 6) is -0.294. The second-order valence-electron chi connectivity index (χ2n) is 6.84. The summed E-state index contributed by atoms with van der Waals surface area (Å²) < 4.78 is 6.18. The molecule has 1 aromatic heterocycles. The second kappa shape index (κ2) is 7.60. The molecule has 0 saturated carbocycles. The molecule has 2 aromatic carbocycles.